The molecule has 0 aromatic carbocycles. The molecule has 1 heterocycles. The van der Waals surface area contributed by atoms with E-state index in [2.05, 4.69) is 29.4 Å². The van der Waals surface area contributed by atoms with E-state index in [0.29, 0.717) is 18.1 Å². The topological polar surface area (TPSA) is 54.9 Å². The average molecular weight is 165 g/mol. The van der Waals surface area contributed by atoms with Gasteiger partial charge in [-0.3, -0.25) is 4.79 Å². The molecule has 1 N–H and O–H groups in total. The molecular formula is C8H11N3O. The SMILES string of the molecule is CC(C)c1cnnc(NC=O)c1. The Balaban J connectivity index is 2.87. The van der Waals surface area contributed by atoms with E-state index in [9.17, 15) is 4.79 Å². The summed E-state index contributed by atoms with van der Waals surface area (Å²) in [7, 11) is 0. The van der Waals surface area contributed by atoms with Crippen LogP contribution in [0.1, 0.15) is 25.3 Å². The summed E-state index contributed by atoms with van der Waals surface area (Å²) >= 11 is 0. The van der Waals surface area contributed by atoms with Gasteiger partial charge in [-0.25, -0.2) is 0 Å². The van der Waals surface area contributed by atoms with Gasteiger partial charge in [0.1, 0.15) is 0 Å². The van der Waals surface area contributed by atoms with Crippen molar-refractivity contribution in [1.29, 1.82) is 0 Å². The predicted molar refractivity (Wildman–Crippen MR) is 45.8 cm³/mol. The van der Waals surface area contributed by atoms with Crippen LogP contribution in [0.4, 0.5) is 5.82 Å². The molecule has 1 aromatic rings. The van der Waals surface area contributed by atoms with Gasteiger partial charge >= 0.3 is 0 Å². The molecule has 1 amide bonds. The van der Waals surface area contributed by atoms with Crippen LogP contribution in [0.25, 0.3) is 0 Å². The summed E-state index contributed by atoms with van der Waals surface area (Å²) in [5.74, 6) is 0.893. The van der Waals surface area contributed by atoms with Gasteiger partial charge < -0.3 is 5.32 Å². The zero-order valence-electron chi connectivity index (χ0n) is 7.11. The van der Waals surface area contributed by atoms with E-state index in [0.717, 1.165) is 5.56 Å². The third-order valence-corrected chi connectivity index (χ3v) is 1.55. The zero-order chi connectivity index (χ0) is 8.97. The Labute approximate surface area is 71.0 Å². The van der Waals surface area contributed by atoms with Crippen LogP contribution in [0.2, 0.25) is 0 Å². The molecule has 1 rings (SSSR count). The van der Waals surface area contributed by atoms with Gasteiger partial charge in [-0.2, -0.15) is 5.10 Å². The van der Waals surface area contributed by atoms with Crippen molar-refractivity contribution in [2.24, 2.45) is 0 Å². The Hall–Kier alpha value is -1.45. The minimum atomic E-state index is 0.396. The zero-order valence-corrected chi connectivity index (χ0v) is 7.11. The highest BCUT2D eigenvalue weighted by Gasteiger charge is 2.00. The van der Waals surface area contributed by atoms with Crippen LogP contribution < -0.4 is 5.32 Å². The average Bonchev–Trinajstić information content (AvgIpc) is 2.05. The van der Waals surface area contributed by atoms with Crippen LogP contribution >= 0.6 is 0 Å². The molecule has 64 valence electrons. The van der Waals surface area contributed by atoms with Crippen LogP contribution in [-0.2, 0) is 4.79 Å². The molecule has 0 saturated carbocycles. The lowest BCUT2D eigenvalue weighted by Crippen LogP contribution is -2.00. The van der Waals surface area contributed by atoms with E-state index in [1.807, 2.05) is 6.07 Å². The molecule has 0 spiro atoms. The van der Waals surface area contributed by atoms with Crippen molar-refractivity contribution in [3.8, 4) is 0 Å². The van der Waals surface area contributed by atoms with Crippen LogP contribution in [0, 0.1) is 0 Å². The maximum absolute atomic E-state index is 10.1. The van der Waals surface area contributed by atoms with Crippen LogP contribution in [0.5, 0.6) is 0 Å². The number of hydrogen-bond acceptors (Lipinski definition) is 3. The summed E-state index contributed by atoms with van der Waals surface area (Å²) in [5.41, 5.74) is 1.06. The Bertz CT molecular complexity index is 273. The molecule has 4 nitrogen and oxygen atoms in total. The number of carbonyl (C=O) groups excluding carboxylic acids is 1. The molecule has 0 fully saturated rings. The smallest absolute Gasteiger partial charge is 0.212 e. The molecular weight excluding hydrogens is 154 g/mol. The number of hydrogen-bond donors (Lipinski definition) is 1. The normalized spacial score (nSPS) is 9.92. The van der Waals surface area contributed by atoms with E-state index in [1.54, 1.807) is 6.20 Å². The Morgan fingerprint density at radius 3 is 2.92 bits per heavy atom. The summed E-state index contributed by atoms with van der Waals surface area (Å²) in [6, 6.07) is 1.81. The highest BCUT2D eigenvalue weighted by atomic mass is 16.1. The van der Waals surface area contributed by atoms with Crippen LogP contribution in [0.15, 0.2) is 12.3 Å². The monoisotopic (exact) mass is 165 g/mol. The van der Waals surface area contributed by atoms with Crippen molar-refractivity contribution < 1.29 is 4.79 Å². The van der Waals surface area contributed by atoms with Gasteiger partial charge in [0.25, 0.3) is 0 Å². The van der Waals surface area contributed by atoms with E-state index in [1.165, 1.54) is 0 Å². The molecule has 0 bridgehead atoms. The first kappa shape index (κ1) is 8.64. The lowest BCUT2D eigenvalue weighted by atomic mass is 10.1. The van der Waals surface area contributed by atoms with Gasteiger partial charge in [0.05, 0.1) is 6.20 Å². The fourth-order valence-electron chi connectivity index (χ4n) is 0.828. The summed E-state index contributed by atoms with van der Waals surface area (Å²) in [5, 5.41) is 9.92. The lowest BCUT2D eigenvalue weighted by Gasteiger charge is -2.04. The van der Waals surface area contributed by atoms with E-state index >= 15 is 0 Å². The molecule has 0 aliphatic carbocycles. The van der Waals surface area contributed by atoms with Gasteiger partial charge in [-0.1, -0.05) is 13.8 Å². The van der Waals surface area contributed by atoms with Gasteiger partial charge in [0, 0.05) is 0 Å². The van der Waals surface area contributed by atoms with Crippen molar-refractivity contribution >= 4 is 12.2 Å². The quantitative estimate of drug-likeness (QED) is 0.684. The second-order valence-corrected chi connectivity index (χ2v) is 2.79. The van der Waals surface area contributed by atoms with Crippen molar-refractivity contribution in [2.45, 2.75) is 19.8 Å². The minimum Gasteiger partial charge on any atom is -0.312 e. The summed E-state index contributed by atoms with van der Waals surface area (Å²) in [6.45, 7) is 4.11. The first-order valence-corrected chi connectivity index (χ1v) is 3.77. The molecule has 1 aromatic heterocycles. The van der Waals surface area contributed by atoms with Gasteiger partial charge in [-0.15, -0.1) is 5.10 Å². The molecule has 0 aliphatic rings. The summed E-state index contributed by atoms with van der Waals surface area (Å²) < 4.78 is 0. The lowest BCUT2D eigenvalue weighted by molar-refractivity contribution is -0.105. The van der Waals surface area contributed by atoms with Crippen LogP contribution in [-0.4, -0.2) is 16.6 Å². The number of nitrogens with zero attached hydrogens (tertiary/aromatic N) is 2. The molecule has 0 aliphatic heterocycles. The number of rotatable bonds is 3. The Morgan fingerprint density at radius 2 is 2.33 bits per heavy atom. The summed E-state index contributed by atoms with van der Waals surface area (Å²) in [6.07, 6.45) is 2.29. The Kier molecular flexibility index (Phi) is 2.74. The predicted octanol–water partition coefficient (Wildman–Crippen LogP) is 1.17. The number of amides is 1. The fourth-order valence-corrected chi connectivity index (χ4v) is 0.828. The van der Waals surface area contributed by atoms with Gasteiger partial charge in [0.15, 0.2) is 5.82 Å². The number of nitrogens with one attached hydrogen (secondary N) is 1. The van der Waals surface area contributed by atoms with E-state index in [4.69, 9.17) is 0 Å². The van der Waals surface area contributed by atoms with Gasteiger partial charge in [-0.05, 0) is 17.5 Å². The molecule has 4 heteroatoms. The van der Waals surface area contributed by atoms with Crippen molar-refractivity contribution in [3.63, 3.8) is 0 Å². The Morgan fingerprint density at radius 1 is 1.58 bits per heavy atom. The van der Waals surface area contributed by atoms with E-state index in [-0.39, 0.29) is 0 Å². The number of anilines is 1. The third kappa shape index (κ3) is 2.02. The highest BCUT2D eigenvalue weighted by Crippen LogP contribution is 2.14. The first-order valence-electron chi connectivity index (χ1n) is 3.77. The third-order valence-electron chi connectivity index (χ3n) is 1.55. The second kappa shape index (κ2) is 3.80. The maximum Gasteiger partial charge on any atom is 0.212 e. The molecule has 0 radical (unpaired) electrons. The van der Waals surface area contributed by atoms with Crippen molar-refractivity contribution in [1.82, 2.24) is 10.2 Å². The maximum atomic E-state index is 10.1. The van der Waals surface area contributed by atoms with Crippen LogP contribution in [0.3, 0.4) is 0 Å². The fraction of sp³-hybridized carbons (Fsp3) is 0.375. The largest absolute Gasteiger partial charge is 0.312 e. The highest BCUT2D eigenvalue weighted by molar-refractivity contribution is 5.68. The minimum absolute atomic E-state index is 0.396. The van der Waals surface area contributed by atoms with Gasteiger partial charge in [0.2, 0.25) is 6.41 Å². The van der Waals surface area contributed by atoms with Crippen molar-refractivity contribution in [2.75, 3.05) is 5.32 Å². The molecule has 0 unspecified atom stereocenters. The second-order valence-electron chi connectivity index (χ2n) is 2.79. The molecule has 0 atom stereocenters. The molecule has 12 heavy (non-hydrogen) atoms. The molecule has 0 saturated heterocycles. The number of aromatic nitrogens is 2. The first-order chi connectivity index (χ1) is 5.74. The number of carbonyl (C=O) groups is 1. The standard InChI is InChI=1S/C8H11N3O/c1-6(2)7-3-8(9-5-12)11-10-4-7/h3-6H,1-2H3,(H,9,11,12). The summed E-state index contributed by atoms with van der Waals surface area (Å²) in [4.78, 5) is 10.1. The van der Waals surface area contributed by atoms with E-state index < -0.39 is 0 Å². The van der Waals surface area contributed by atoms with Crippen molar-refractivity contribution in [3.05, 3.63) is 17.8 Å².